The maximum atomic E-state index is 12.8. The van der Waals surface area contributed by atoms with E-state index in [0.29, 0.717) is 28.2 Å². The van der Waals surface area contributed by atoms with Crippen molar-refractivity contribution < 1.29 is 33.3 Å². The van der Waals surface area contributed by atoms with Gasteiger partial charge in [0.05, 0.1) is 45.8 Å². The number of para-hydroxylation sites is 1. The van der Waals surface area contributed by atoms with Gasteiger partial charge in [0.15, 0.2) is 11.5 Å². The molecule has 0 aliphatic rings. The second-order valence-corrected chi connectivity index (χ2v) is 6.44. The summed E-state index contributed by atoms with van der Waals surface area (Å²) in [5, 5.41) is 11.3. The van der Waals surface area contributed by atoms with Crippen molar-refractivity contribution in [1.82, 2.24) is 0 Å². The molecule has 0 aliphatic carbocycles. The van der Waals surface area contributed by atoms with Crippen molar-refractivity contribution >= 4 is 16.9 Å². The van der Waals surface area contributed by atoms with E-state index in [1.807, 2.05) is 0 Å². The Morgan fingerprint density at radius 2 is 1.67 bits per heavy atom. The van der Waals surface area contributed by atoms with Crippen LogP contribution in [0.25, 0.3) is 11.0 Å². The molecule has 3 rings (SSSR count). The number of rotatable bonds is 7. The topological polar surface area (TPSA) is 104 Å². The number of esters is 1. The van der Waals surface area contributed by atoms with E-state index in [1.54, 1.807) is 36.4 Å². The maximum absolute atomic E-state index is 12.8. The highest BCUT2D eigenvalue weighted by molar-refractivity contribution is 5.85. The standard InChI is InChI=1S/C22H22O8/c1-26-16-9-12(10-17(27-2)21(16)29-4)14(11-18(23)28-3)19-20(24)13-7-5-6-8-15(13)30-22(19)25/h5-10,14,24H,11H2,1-4H3. The van der Waals surface area contributed by atoms with Crippen LogP contribution in [0.2, 0.25) is 0 Å². The summed E-state index contributed by atoms with van der Waals surface area (Å²) in [6.45, 7) is 0. The SMILES string of the molecule is COC(=O)CC(c1cc(OC)c(OC)c(OC)c1)c1c(O)c2ccccc2oc1=O. The van der Waals surface area contributed by atoms with Gasteiger partial charge in [-0.05, 0) is 29.8 Å². The molecule has 0 spiro atoms. The van der Waals surface area contributed by atoms with Gasteiger partial charge in [-0.15, -0.1) is 0 Å². The van der Waals surface area contributed by atoms with E-state index in [4.69, 9.17) is 23.4 Å². The number of fused-ring (bicyclic) bond motifs is 1. The molecule has 1 aromatic heterocycles. The van der Waals surface area contributed by atoms with E-state index in [-0.39, 0.29) is 23.3 Å². The number of hydrogen-bond acceptors (Lipinski definition) is 8. The van der Waals surface area contributed by atoms with Gasteiger partial charge in [0.2, 0.25) is 5.75 Å². The molecule has 0 saturated heterocycles. The highest BCUT2D eigenvalue weighted by Crippen LogP contribution is 2.43. The lowest BCUT2D eigenvalue weighted by Gasteiger charge is -2.20. The van der Waals surface area contributed by atoms with Crippen molar-refractivity contribution in [1.29, 1.82) is 0 Å². The molecule has 30 heavy (non-hydrogen) atoms. The van der Waals surface area contributed by atoms with Crippen molar-refractivity contribution in [3.63, 3.8) is 0 Å². The largest absolute Gasteiger partial charge is 0.507 e. The molecule has 1 atom stereocenters. The summed E-state index contributed by atoms with van der Waals surface area (Å²) in [4.78, 5) is 25.0. The number of carbonyl (C=O) groups excluding carboxylic acids is 1. The third-order valence-corrected chi connectivity index (χ3v) is 4.86. The number of methoxy groups -OCH3 is 4. The van der Waals surface area contributed by atoms with Gasteiger partial charge >= 0.3 is 11.6 Å². The van der Waals surface area contributed by atoms with Gasteiger partial charge in [-0.3, -0.25) is 4.79 Å². The number of ether oxygens (including phenoxy) is 4. The molecule has 0 bridgehead atoms. The minimum absolute atomic E-state index is 0.0617. The average molecular weight is 414 g/mol. The summed E-state index contributed by atoms with van der Waals surface area (Å²) in [5.41, 5.74) is -0.0968. The van der Waals surface area contributed by atoms with Gasteiger partial charge in [-0.2, -0.15) is 0 Å². The Balaban J connectivity index is 2.29. The molecular formula is C22H22O8. The number of hydrogen-bond donors (Lipinski definition) is 1. The fraction of sp³-hybridized carbons (Fsp3) is 0.273. The summed E-state index contributed by atoms with van der Waals surface area (Å²) in [6, 6.07) is 9.83. The van der Waals surface area contributed by atoms with Gasteiger partial charge in [-0.1, -0.05) is 12.1 Å². The number of carbonyl (C=O) groups is 1. The summed E-state index contributed by atoms with van der Waals surface area (Å²) in [5.74, 6) is -0.676. The Bertz CT molecular complexity index is 1110. The van der Waals surface area contributed by atoms with Crippen molar-refractivity contribution in [3.8, 4) is 23.0 Å². The molecule has 1 N–H and O–H groups in total. The zero-order valence-corrected chi connectivity index (χ0v) is 17.1. The Labute approximate surface area is 172 Å². The van der Waals surface area contributed by atoms with Gasteiger partial charge in [0.25, 0.3) is 0 Å². The predicted octanol–water partition coefficient (Wildman–Crippen LogP) is 3.22. The lowest BCUT2D eigenvalue weighted by molar-refractivity contribution is -0.140. The molecule has 0 fully saturated rings. The molecule has 0 radical (unpaired) electrons. The molecule has 1 unspecified atom stereocenters. The summed E-state index contributed by atoms with van der Waals surface area (Å²) >= 11 is 0. The van der Waals surface area contributed by atoms with Crippen LogP contribution in [-0.4, -0.2) is 39.5 Å². The minimum atomic E-state index is -0.882. The normalized spacial score (nSPS) is 11.7. The predicted molar refractivity (Wildman–Crippen MR) is 109 cm³/mol. The quantitative estimate of drug-likeness (QED) is 0.464. The first-order chi connectivity index (χ1) is 14.4. The maximum Gasteiger partial charge on any atom is 0.343 e. The number of aromatic hydroxyl groups is 1. The third-order valence-electron chi connectivity index (χ3n) is 4.86. The van der Waals surface area contributed by atoms with E-state index in [2.05, 4.69) is 0 Å². The third kappa shape index (κ3) is 3.76. The molecule has 0 amide bonds. The average Bonchev–Trinajstić information content (AvgIpc) is 2.77. The Morgan fingerprint density at radius 3 is 2.23 bits per heavy atom. The van der Waals surface area contributed by atoms with Crippen LogP contribution >= 0.6 is 0 Å². The van der Waals surface area contributed by atoms with Crippen LogP contribution in [0.1, 0.15) is 23.5 Å². The zero-order valence-electron chi connectivity index (χ0n) is 17.1. The molecule has 0 saturated carbocycles. The number of benzene rings is 2. The van der Waals surface area contributed by atoms with Crippen molar-refractivity contribution in [2.45, 2.75) is 12.3 Å². The molecular weight excluding hydrogens is 392 g/mol. The summed E-state index contributed by atoms with van der Waals surface area (Å²) in [7, 11) is 5.63. The lowest BCUT2D eigenvalue weighted by Crippen LogP contribution is -2.18. The van der Waals surface area contributed by atoms with E-state index in [1.165, 1.54) is 28.4 Å². The van der Waals surface area contributed by atoms with E-state index in [0.717, 1.165) is 0 Å². The minimum Gasteiger partial charge on any atom is -0.507 e. The Morgan fingerprint density at radius 1 is 1.03 bits per heavy atom. The van der Waals surface area contributed by atoms with Crippen LogP contribution in [0, 0.1) is 0 Å². The molecule has 8 heteroatoms. The van der Waals surface area contributed by atoms with Gasteiger partial charge < -0.3 is 28.5 Å². The molecule has 3 aromatic rings. The zero-order chi connectivity index (χ0) is 21.8. The first kappa shape index (κ1) is 21.0. The van der Waals surface area contributed by atoms with E-state index in [9.17, 15) is 14.7 Å². The Hall–Kier alpha value is -3.68. The van der Waals surface area contributed by atoms with Crippen LogP contribution in [0.4, 0.5) is 0 Å². The van der Waals surface area contributed by atoms with Gasteiger partial charge in [-0.25, -0.2) is 4.79 Å². The highest BCUT2D eigenvalue weighted by atomic mass is 16.5. The fourth-order valence-corrected chi connectivity index (χ4v) is 3.39. The van der Waals surface area contributed by atoms with Crippen LogP contribution in [0.15, 0.2) is 45.6 Å². The molecule has 1 heterocycles. The fourth-order valence-electron chi connectivity index (χ4n) is 3.39. The van der Waals surface area contributed by atoms with E-state index < -0.39 is 17.5 Å². The van der Waals surface area contributed by atoms with Crippen LogP contribution in [0.5, 0.6) is 23.0 Å². The van der Waals surface area contributed by atoms with Crippen molar-refractivity contribution in [3.05, 3.63) is 57.9 Å². The van der Waals surface area contributed by atoms with E-state index >= 15 is 0 Å². The van der Waals surface area contributed by atoms with Crippen LogP contribution in [0.3, 0.4) is 0 Å². The van der Waals surface area contributed by atoms with Crippen LogP contribution in [-0.2, 0) is 9.53 Å². The molecule has 0 aliphatic heterocycles. The highest BCUT2D eigenvalue weighted by Gasteiger charge is 2.29. The molecule has 2 aromatic carbocycles. The van der Waals surface area contributed by atoms with Gasteiger partial charge in [0, 0.05) is 5.92 Å². The van der Waals surface area contributed by atoms with Gasteiger partial charge in [0.1, 0.15) is 11.3 Å². The molecule has 8 nitrogen and oxygen atoms in total. The smallest absolute Gasteiger partial charge is 0.343 e. The monoisotopic (exact) mass is 414 g/mol. The first-order valence-electron chi connectivity index (χ1n) is 9.06. The van der Waals surface area contributed by atoms with Crippen molar-refractivity contribution in [2.75, 3.05) is 28.4 Å². The summed E-state index contributed by atoms with van der Waals surface area (Å²) < 4.78 is 26.3. The Kier molecular flexibility index (Phi) is 6.15. The van der Waals surface area contributed by atoms with Crippen molar-refractivity contribution in [2.24, 2.45) is 0 Å². The summed E-state index contributed by atoms with van der Waals surface area (Å²) in [6.07, 6.45) is -0.216. The first-order valence-corrected chi connectivity index (χ1v) is 9.06. The second-order valence-electron chi connectivity index (χ2n) is 6.44. The van der Waals surface area contributed by atoms with Crippen LogP contribution < -0.4 is 19.8 Å². The lowest BCUT2D eigenvalue weighted by atomic mass is 9.87. The molecule has 158 valence electrons. The second kappa shape index (κ2) is 8.77.